The van der Waals surface area contributed by atoms with E-state index < -0.39 is 15.8 Å². The van der Waals surface area contributed by atoms with Crippen molar-refractivity contribution in [1.29, 1.82) is 0 Å². The molecule has 3 rings (SSSR count). The van der Waals surface area contributed by atoms with Crippen LogP contribution < -0.4 is 10.0 Å². The molecule has 0 unspecified atom stereocenters. The minimum absolute atomic E-state index is 0.0362. The SMILES string of the molecule is Cc1ccc(S(=O)(=O)N2CCCc3c(N)cccc32)cc1F. The molecular formula is C16H17FN2O2S. The van der Waals surface area contributed by atoms with Gasteiger partial charge in [0.1, 0.15) is 5.82 Å². The fourth-order valence-corrected chi connectivity index (χ4v) is 4.28. The number of aryl methyl sites for hydroxylation is 1. The topological polar surface area (TPSA) is 63.4 Å². The van der Waals surface area contributed by atoms with E-state index in [-0.39, 0.29) is 4.90 Å². The van der Waals surface area contributed by atoms with Gasteiger partial charge in [-0.05, 0) is 55.2 Å². The van der Waals surface area contributed by atoms with Crippen LogP contribution in [-0.2, 0) is 16.4 Å². The maximum absolute atomic E-state index is 13.7. The monoisotopic (exact) mass is 320 g/mol. The van der Waals surface area contributed by atoms with E-state index in [9.17, 15) is 12.8 Å². The van der Waals surface area contributed by atoms with Gasteiger partial charge in [0.15, 0.2) is 0 Å². The van der Waals surface area contributed by atoms with E-state index in [1.165, 1.54) is 16.4 Å². The van der Waals surface area contributed by atoms with Crippen molar-refractivity contribution >= 4 is 21.4 Å². The lowest BCUT2D eigenvalue weighted by Gasteiger charge is -2.31. The third-order valence-electron chi connectivity index (χ3n) is 3.98. The van der Waals surface area contributed by atoms with E-state index in [1.807, 2.05) is 0 Å². The molecule has 2 N–H and O–H groups in total. The first-order valence-corrected chi connectivity index (χ1v) is 8.51. The van der Waals surface area contributed by atoms with Gasteiger partial charge < -0.3 is 5.73 Å². The van der Waals surface area contributed by atoms with Gasteiger partial charge in [0.05, 0.1) is 10.6 Å². The molecule has 1 aliphatic heterocycles. The van der Waals surface area contributed by atoms with Crippen molar-refractivity contribution in [3.63, 3.8) is 0 Å². The molecule has 0 saturated carbocycles. The highest BCUT2D eigenvalue weighted by molar-refractivity contribution is 7.92. The lowest BCUT2D eigenvalue weighted by Crippen LogP contribution is -2.35. The third-order valence-corrected chi connectivity index (χ3v) is 5.78. The summed E-state index contributed by atoms with van der Waals surface area (Å²) in [6.07, 6.45) is 1.44. The van der Waals surface area contributed by atoms with Crippen molar-refractivity contribution in [3.8, 4) is 0 Å². The number of nitrogen functional groups attached to an aromatic ring is 1. The van der Waals surface area contributed by atoms with Crippen molar-refractivity contribution in [1.82, 2.24) is 0 Å². The Morgan fingerprint density at radius 1 is 1.23 bits per heavy atom. The number of hydrogen-bond donors (Lipinski definition) is 1. The summed E-state index contributed by atoms with van der Waals surface area (Å²) in [6, 6.07) is 9.23. The Hall–Kier alpha value is -2.08. The normalized spacial score (nSPS) is 14.7. The van der Waals surface area contributed by atoms with Crippen LogP contribution in [0.15, 0.2) is 41.3 Å². The number of nitrogens with zero attached hydrogens (tertiary/aromatic N) is 1. The predicted molar refractivity (Wildman–Crippen MR) is 84.8 cm³/mol. The molecule has 0 atom stereocenters. The van der Waals surface area contributed by atoms with Crippen molar-refractivity contribution in [2.45, 2.75) is 24.7 Å². The summed E-state index contributed by atoms with van der Waals surface area (Å²) in [7, 11) is -3.79. The van der Waals surface area contributed by atoms with E-state index >= 15 is 0 Å². The molecule has 2 aromatic carbocycles. The summed E-state index contributed by atoms with van der Waals surface area (Å²) in [4.78, 5) is -0.0362. The van der Waals surface area contributed by atoms with Crippen molar-refractivity contribution in [2.75, 3.05) is 16.6 Å². The van der Waals surface area contributed by atoms with Crippen LogP contribution in [-0.4, -0.2) is 15.0 Å². The molecule has 22 heavy (non-hydrogen) atoms. The Kier molecular flexibility index (Phi) is 3.56. The predicted octanol–water partition coefficient (Wildman–Crippen LogP) is 2.86. The van der Waals surface area contributed by atoms with Crippen LogP contribution in [0.2, 0.25) is 0 Å². The molecule has 0 aliphatic carbocycles. The maximum Gasteiger partial charge on any atom is 0.264 e. The lowest BCUT2D eigenvalue weighted by molar-refractivity contribution is 0.581. The number of benzene rings is 2. The van der Waals surface area contributed by atoms with Crippen molar-refractivity contribution in [3.05, 3.63) is 53.3 Å². The Morgan fingerprint density at radius 2 is 2.00 bits per heavy atom. The molecule has 2 aromatic rings. The first-order chi connectivity index (χ1) is 10.4. The minimum atomic E-state index is -3.79. The Bertz CT molecular complexity index is 834. The molecular weight excluding hydrogens is 303 g/mol. The van der Waals surface area contributed by atoms with Crippen LogP contribution in [0.25, 0.3) is 0 Å². The van der Waals surface area contributed by atoms with E-state index in [1.54, 1.807) is 25.1 Å². The summed E-state index contributed by atoms with van der Waals surface area (Å²) in [5.74, 6) is -0.522. The largest absolute Gasteiger partial charge is 0.398 e. The van der Waals surface area contributed by atoms with Gasteiger partial charge in [0.25, 0.3) is 10.0 Å². The van der Waals surface area contributed by atoms with Crippen molar-refractivity contribution < 1.29 is 12.8 Å². The van der Waals surface area contributed by atoms with Gasteiger partial charge in [-0.3, -0.25) is 4.31 Å². The number of rotatable bonds is 2. The molecule has 0 fully saturated rings. The van der Waals surface area contributed by atoms with Crippen LogP contribution in [0.1, 0.15) is 17.5 Å². The van der Waals surface area contributed by atoms with Crippen LogP contribution in [0.4, 0.5) is 15.8 Å². The summed E-state index contributed by atoms with van der Waals surface area (Å²) in [5.41, 5.74) is 8.38. The number of sulfonamides is 1. The molecule has 1 aliphatic rings. The second kappa shape index (κ2) is 5.28. The number of hydrogen-bond acceptors (Lipinski definition) is 3. The van der Waals surface area contributed by atoms with Crippen LogP contribution in [0.3, 0.4) is 0 Å². The van der Waals surface area contributed by atoms with E-state index in [0.29, 0.717) is 29.9 Å². The zero-order chi connectivity index (χ0) is 15.9. The van der Waals surface area contributed by atoms with Gasteiger partial charge in [-0.1, -0.05) is 12.1 Å². The standard InChI is InChI=1S/C16H17FN2O2S/c1-11-7-8-12(10-14(11)17)22(20,21)19-9-3-4-13-15(18)5-2-6-16(13)19/h2,5-8,10H,3-4,9,18H2,1H3. The Morgan fingerprint density at radius 3 is 2.73 bits per heavy atom. The van der Waals surface area contributed by atoms with E-state index in [4.69, 9.17) is 5.73 Å². The second-order valence-corrected chi connectivity index (χ2v) is 7.30. The maximum atomic E-state index is 13.7. The molecule has 0 radical (unpaired) electrons. The Balaban J connectivity index is 2.11. The van der Waals surface area contributed by atoms with Crippen LogP contribution in [0, 0.1) is 12.7 Å². The van der Waals surface area contributed by atoms with Crippen molar-refractivity contribution in [2.24, 2.45) is 0 Å². The molecule has 4 nitrogen and oxygen atoms in total. The van der Waals surface area contributed by atoms with Crippen LogP contribution >= 0.6 is 0 Å². The smallest absolute Gasteiger partial charge is 0.264 e. The average molecular weight is 320 g/mol. The van der Waals surface area contributed by atoms with Gasteiger partial charge in [-0.2, -0.15) is 0 Å². The molecule has 116 valence electrons. The minimum Gasteiger partial charge on any atom is -0.398 e. The van der Waals surface area contributed by atoms with E-state index in [2.05, 4.69) is 0 Å². The zero-order valence-corrected chi connectivity index (χ0v) is 13.0. The fraction of sp³-hybridized carbons (Fsp3) is 0.250. The van der Waals surface area contributed by atoms with Gasteiger partial charge >= 0.3 is 0 Å². The number of fused-ring (bicyclic) bond motifs is 1. The van der Waals surface area contributed by atoms with Gasteiger partial charge in [0, 0.05) is 12.2 Å². The molecule has 6 heteroatoms. The molecule has 0 amide bonds. The van der Waals surface area contributed by atoms with Gasteiger partial charge in [-0.15, -0.1) is 0 Å². The summed E-state index contributed by atoms with van der Waals surface area (Å²) in [5, 5.41) is 0. The fourth-order valence-electron chi connectivity index (χ4n) is 2.73. The van der Waals surface area contributed by atoms with E-state index in [0.717, 1.165) is 18.1 Å². The highest BCUT2D eigenvalue weighted by Crippen LogP contribution is 2.35. The second-order valence-electron chi connectivity index (χ2n) is 5.44. The zero-order valence-electron chi connectivity index (χ0n) is 12.2. The molecule has 1 heterocycles. The number of halogens is 1. The quantitative estimate of drug-likeness (QED) is 0.866. The highest BCUT2D eigenvalue weighted by Gasteiger charge is 2.30. The first-order valence-electron chi connectivity index (χ1n) is 7.07. The first kappa shape index (κ1) is 14.8. The third kappa shape index (κ3) is 2.33. The molecule has 0 spiro atoms. The summed E-state index contributed by atoms with van der Waals surface area (Å²) in [6.45, 7) is 1.97. The lowest BCUT2D eigenvalue weighted by atomic mass is 10.0. The molecule has 0 bridgehead atoms. The Labute approximate surface area is 129 Å². The number of anilines is 2. The molecule has 0 saturated heterocycles. The van der Waals surface area contributed by atoms with Crippen LogP contribution in [0.5, 0.6) is 0 Å². The average Bonchev–Trinajstić information content (AvgIpc) is 2.50. The molecule has 0 aromatic heterocycles. The van der Waals surface area contributed by atoms with Gasteiger partial charge in [-0.25, -0.2) is 12.8 Å². The summed E-state index contributed by atoms with van der Waals surface area (Å²) >= 11 is 0. The highest BCUT2D eigenvalue weighted by atomic mass is 32.2. The van der Waals surface area contributed by atoms with Gasteiger partial charge in [0.2, 0.25) is 0 Å². The number of nitrogens with two attached hydrogens (primary N) is 1. The summed E-state index contributed by atoms with van der Waals surface area (Å²) < 4.78 is 40.7.